The van der Waals surface area contributed by atoms with Crippen molar-refractivity contribution >= 4 is 52.7 Å². The van der Waals surface area contributed by atoms with Crippen LogP contribution in [0.15, 0.2) is 35.1 Å². The van der Waals surface area contributed by atoms with E-state index in [1.807, 2.05) is 40.5 Å². The fourth-order valence-electron chi connectivity index (χ4n) is 4.75. The summed E-state index contributed by atoms with van der Waals surface area (Å²) in [4.78, 5) is 4.44. The Labute approximate surface area is 233 Å². The second kappa shape index (κ2) is 16.5. The van der Waals surface area contributed by atoms with Crippen molar-refractivity contribution in [3.8, 4) is 0 Å². The first kappa shape index (κ1) is 29.3. The lowest BCUT2D eigenvalue weighted by molar-refractivity contribution is 0.590. The Morgan fingerprint density at radius 2 is 1.67 bits per heavy atom. The van der Waals surface area contributed by atoms with E-state index in [1.165, 1.54) is 119 Å². The molecule has 1 aliphatic rings. The molecule has 2 aromatic rings. The summed E-state index contributed by atoms with van der Waals surface area (Å²) in [7, 11) is 0. The van der Waals surface area contributed by atoms with Crippen molar-refractivity contribution in [3.63, 3.8) is 0 Å². The second-order valence-corrected chi connectivity index (χ2v) is 13.3. The molecule has 0 aliphatic heterocycles. The monoisotopic (exact) mass is 538 g/mol. The zero-order chi connectivity index (χ0) is 25.6. The van der Waals surface area contributed by atoms with Gasteiger partial charge in [-0.1, -0.05) is 96.4 Å². The van der Waals surface area contributed by atoms with E-state index in [2.05, 4.69) is 63.1 Å². The van der Waals surface area contributed by atoms with Crippen LogP contribution in [0.3, 0.4) is 0 Å². The summed E-state index contributed by atoms with van der Waals surface area (Å²) in [6.07, 6.45) is 24.1. The van der Waals surface area contributed by atoms with Crippen LogP contribution < -0.4 is 9.75 Å². The molecule has 0 bridgehead atoms. The Morgan fingerprint density at radius 1 is 0.944 bits per heavy atom. The molecular formula is C33H46S3. The number of thioether (sulfide) groups is 1. The van der Waals surface area contributed by atoms with Crippen molar-refractivity contribution in [2.45, 2.75) is 109 Å². The van der Waals surface area contributed by atoms with Gasteiger partial charge in [0.25, 0.3) is 0 Å². The van der Waals surface area contributed by atoms with Crippen molar-refractivity contribution in [2.75, 3.05) is 5.75 Å². The Morgan fingerprint density at radius 3 is 2.42 bits per heavy atom. The van der Waals surface area contributed by atoms with Gasteiger partial charge in [-0.2, -0.15) is 0 Å². The van der Waals surface area contributed by atoms with Crippen LogP contribution in [0, 0.1) is 6.92 Å². The second-order valence-electron chi connectivity index (χ2n) is 9.97. The molecule has 2 heterocycles. The third-order valence-corrected chi connectivity index (χ3v) is 10.2. The quantitative estimate of drug-likeness (QED) is 0.161. The summed E-state index contributed by atoms with van der Waals surface area (Å²) in [6.45, 7) is 11.0. The molecule has 0 saturated carbocycles. The minimum atomic E-state index is 1.04. The number of aryl methyl sites for hydroxylation is 2. The first-order chi connectivity index (χ1) is 17.7. The number of rotatable bonds is 15. The molecule has 0 N–H and O–H groups in total. The molecule has 1 aliphatic carbocycles. The fraction of sp³-hybridized carbons (Fsp3) is 0.515. The molecule has 0 amide bonds. The van der Waals surface area contributed by atoms with Crippen LogP contribution in [0.4, 0.5) is 0 Å². The van der Waals surface area contributed by atoms with Gasteiger partial charge >= 0.3 is 0 Å². The topological polar surface area (TPSA) is 0 Å². The summed E-state index contributed by atoms with van der Waals surface area (Å²) in [5.74, 6) is 1.18. The average Bonchev–Trinajstić information content (AvgIpc) is 3.21. The first-order valence-electron chi connectivity index (χ1n) is 14.2. The van der Waals surface area contributed by atoms with Gasteiger partial charge in [-0.3, -0.25) is 0 Å². The molecular weight excluding hydrogens is 493 g/mol. The van der Waals surface area contributed by atoms with Crippen molar-refractivity contribution in [1.82, 2.24) is 0 Å². The van der Waals surface area contributed by atoms with Crippen LogP contribution in [0.1, 0.15) is 111 Å². The van der Waals surface area contributed by atoms with Gasteiger partial charge in [0.1, 0.15) is 0 Å². The van der Waals surface area contributed by atoms with E-state index in [0.29, 0.717) is 0 Å². The van der Waals surface area contributed by atoms with Gasteiger partial charge in [0.2, 0.25) is 0 Å². The minimum absolute atomic E-state index is 1.04. The van der Waals surface area contributed by atoms with E-state index in [9.17, 15) is 0 Å². The SMILES string of the molecule is C=Cc1cc(C)c2c(sccc1SCCCCCC)=CCc1sc(CCCCCCCCC)cc1C=2. The molecule has 0 unspecified atom stereocenters. The minimum Gasteiger partial charge on any atom is -0.144 e. The number of unbranched alkanes of at least 4 members (excludes halogenated alkanes) is 9. The Balaban J connectivity index is 1.80. The molecule has 0 nitrogen and oxygen atoms in total. The lowest BCUT2D eigenvalue weighted by Gasteiger charge is -2.04. The molecule has 0 spiro atoms. The highest BCUT2D eigenvalue weighted by Gasteiger charge is 2.10. The lowest BCUT2D eigenvalue weighted by Crippen LogP contribution is -2.23. The van der Waals surface area contributed by atoms with Crippen LogP contribution in [0.25, 0.3) is 18.2 Å². The molecule has 3 heteroatoms. The maximum absolute atomic E-state index is 4.16. The predicted molar refractivity (Wildman–Crippen MR) is 169 cm³/mol. The van der Waals surface area contributed by atoms with Gasteiger partial charge < -0.3 is 0 Å². The van der Waals surface area contributed by atoms with E-state index < -0.39 is 0 Å². The zero-order valence-corrected chi connectivity index (χ0v) is 25.3. The highest BCUT2D eigenvalue weighted by molar-refractivity contribution is 7.99. The number of fused-ring (bicyclic) bond motifs is 2. The molecule has 0 atom stereocenters. The summed E-state index contributed by atoms with van der Waals surface area (Å²) >= 11 is 5.89. The fourth-order valence-corrected chi connectivity index (χ4v) is 7.91. The summed E-state index contributed by atoms with van der Waals surface area (Å²) in [5.41, 5.74) is 4.02. The van der Waals surface area contributed by atoms with E-state index in [-0.39, 0.29) is 0 Å². The van der Waals surface area contributed by atoms with Crippen LogP contribution >= 0.6 is 34.4 Å². The van der Waals surface area contributed by atoms with Crippen molar-refractivity contribution in [3.05, 3.63) is 66.4 Å². The van der Waals surface area contributed by atoms with Gasteiger partial charge in [0.15, 0.2) is 0 Å². The van der Waals surface area contributed by atoms with Crippen LogP contribution in [0.5, 0.6) is 0 Å². The molecule has 0 saturated heterocycles. The molecule has 196 valence electrons. The van der Waals surface area contributed by atoms with Gasteiger partial charge in [-0.25, -0.2) is 0 Å². The summed E-state index contributed by atoms with van der Waals surface area (Å²) in [5, 5.41) is 3.66. The maximum Gasteiger partial charge on any atom is 0.0309 e. The van der Waals surface area contributed by atoms with Crippen LogP contribution in [-0.2, 0) is 12.8 Å². The standard InChI is InChI=1S/C33H46S3/c1-5-8-10-12-13-14-15-17-29-24-28-25-30-26(4)23-27(7-3)31(34-21-16-11-9-6-2)20-22-35-33(30)19-18-32(28)36-29/h7,19-20,22-25H,3,5-6,8-18,21H2,1-2,4H3. The van der Waals surface area contributed by atoms with Gasteiger partial charge in [0.05, 0.1) is 0 Å². The third kappa shape index (κ3) is 9.23. The zero-order valence-electron chi connectivity index (χ0n) is 22.9. The Hall–Kier alpha value is -1.29. The smallest absolute Gasteiger partial charge is 0.0309 e. The Kier molecular flexibility index (Phi) is 13.4. The molecule has 0 radical (unpaired) electrons. The van der Waals surface area contributed by atoms with E-state index in [4.69, 9.17) is 0 Å². The largest absolute Gasteiger partial charge is 0.144 e. The summed E-state index contributed by atoms with van der Waals surface area (Å²) in [6, 6.07) is 7.14. The van der Waals surface area contributed by atoms with Crippen molar-refractivity contribution in [2.24, 2.45) is 0 Å². The number of hydrogen-bond donors (Lipinski definition) is 0. The Bertz CT molecular complexity index is 1130. The van der Waals surface area contributed by atoms with Crippen molar-refractivity contribution < 1.29 is 0 Å². The predicted octanol–water partition coefficient (Wildman–Crippen LogP) is 10.0. The average molecular weight is 539 g/mol. The van der Waals surface area contributed by atoms with Gasteiger partial charge in [0, 0.05) is 25.6 Å². The van der Waals surface area contributed by atoms with Gasteiger partial charge in [-0.15, -0.1) is 34.4 Å². The van der Waals surface area contributed by atoms with E-state index >= 15 is 0 Å². The molecule has 0 fully saturated rings. The van der Waals surface area contributed by atoms with Crippen molar-refractivity contribution in [1.29, 1.82) is 0 Å². The molecule has 3 rings (SSSR count). The first-order valence-corrected chi connectivity index (χ1v) is 16.9. The molecule has 36 heavy (non-hydrogen) atoms. The summed E-state index contributed by atoms with van der Waals surface area (Å²) < 4.78 is 1.38. The highest BCUT2D eigenvalue weighted by Crippen LogP contribution is 2.27. The molecule has 2 aromatic heterocycles. The van der Waals surface area contributed by atoms with E-state index in [0.717, 1.165) is 6.42 Å². The van der Waals surface area contributed by atoms with Gasteiger partial charge in [-0.05, 0) is 77.4 Å². The third-order valence-electron chi connectivity index (χ3n) is 6.93. The molecule has 0 aromatic carbocycles. The van der Waals surface area contributed by atoms with Crippen LogP contribution in [0.2, 0.25) is 0 Å². The highest BCUT2D eigenvalue weighted by atomic mass is 32.2. The number of thiophene rings is 1. The maximum atomic E-state index is 4.16. The van der Waals surface area contributed by atoms with Crippen LogP contribution in [-0.4, -0.2) is 5.75 Å². The lowest BCUT2D eigenvalue weighted by atomic mass is 10.1. The number of hydrogen-bond acceptors (Lipinski definition) is 3. The normalized spacial score (nSPS) is 12.1. The van der Waals surface area contributed by atoms with E-state index in [1.54, 1.807) is 4.88 Å².